The lowest BCUT2D eigenvalue weighted by atomic mass is 9.97. The van der Waals surface area contributed by atoms with Gasteiger partial charge in [0, 0.05) is 0 Å². The molecule has 0 saturated carbocycles. The van der Waals surface area contributed by atoms with E-state index in [-0.39, 0.29) is 0 Å². The molecule has 0 aliphatic rings. The minimum absolute atomic E-state index is 0.504. The van der Waals surface area contributed by atoms with Crippen molar-refractivity contribution in [2.75, 3.05) is 0 Å². The van der Waals surface area contributed by atoms with Crippen LogP contribution in [-0.4, -0.2) is 11.6 Å². The molecule has 0 N–H and O–H groups in total. The molecular weight excluding hydrogens is 250 g/mol. The molecule has 0 amide bonds. The van der Waals surface area contributed by atoms with Gasteiger partial charge in [0.25, 0.3) is 0 Å². The second-order valence-electron chi connectivity index (χ2n) is 5.70. The highest BCUT2D eigenvalue weighted by Crippen LogP contribution is 2.24. The van der Waals surface area contributed by atoms with Gasteiger partial charge in [-0.25, -0.2) is 0 Å². The maximum atomic E-state index is 12.1. The van der Waals surface area contributed by atoms with Crippen LogP contribution >= 0.6 is 0 Å². The van der Waals surface area contributed by atoms with E-state index < -0.39 is 17.5 Å². The van der Waals surface area contributed by atoms with Crippen LogP contribution in [-0.2, 0) is 9.53 Å². The van der Waals surface area contributed by atoms with Crippen LogP contribution in [0.3, 0.4) is 0 Å². The Kier molecular flexibility index (Phi) is 3.76. The fourth-order valence-corrected chi connectivity index (χ4v) is 2.01. The highest BCUT2D eigenvalue weighted by atomic mass is 16.6. The van der Waals surface area contributed by atoms with Gasteiger partial charge in [0.1, 0.15) is 5.60 Å². The number of rotatable bonds is 2. The normalized spacial score (nSPS) is 12.7. The minimum atomic E-state index is -0.890. The molecule has 2 rings (SSSR count). The summed E-state index contributed by atoms with van der Waals surface area (Å²) in [4.78, 5) is 12.1. The predicted octanol–water partition coefficient (Wildman–Crippen LogP) is 3.79. The Balaban J connectivity index is 2.35. The topological polar surface area (TPSA) is 50.1 Å². The van der Waals surface area contributed by atoms with Gasteiger partial charge in [0.2, 0.25) is 0 Å². The van der Waals surface area contributed by atoms with Crippen molar-refractivity contribution in [2.24, 2.45) is 0 Å². The van der Waals surface area contributed by atoms with Crippen LogP contribution in [0.15, 0.2) is 42.5 Å². The number of ether oxygens (including phenoxy) is 1. The van der Waals surface area contributed by atoms with Crippen LogP contribution in [0.25, 0.3) is 10.8 Å². The zero-order valence-electron chi connectivity index (χ0n) is 11.9. The van der Waals surface area contributed by atoms with E-state index in [4.69, 9.17) is 4.74 Å². The molecule has 0 spiro atoms. The first-order valence-electron chi connectivity index (χ1n) is 6.52. The van der Waals surface area contributed by atoms with Gasteiger partial charge in [-0.2, -0.15) is 5.26 Å². The first-order chi connectivity index (χ1) is 9.40. The smallest absolute Gasteiger partial charge is 0.328 e. The Bertz CT molecular complexity index is 677. The van der Waals surface area contributed by atoms with E-state index in [2.05, 4.69) is 0 Å². The van der Waals surface area contributed by atoms with Crippen molar-refractivity contribution < 1.29 is 9.53 Å². The van der Waals surface area contributed by atoms with Crippen molar-refractivity contribution >= 4 is 16.7 Å². The highest BCUT2D eigenvalue weighted by molar-refractivity contribution is 5.87. The maximum Gasteiger partial charge on any atom is 0.328 e. The average Bonchev–Trinajstić information content (AvgIpc) is 2.37. The SMILES string of the molecule is CC(C)(C)OC(=O)C(C#N)c1ccc2ccccc2c1. The molecule has 0 aliphatic heterocycles. The first kappa shape index (κ1) is 14.1. The number of benzene rings is 2. The van der Waals surface area contributed by atoms with E-state index >= 15 is 0 Å². The molecule has 0 bridgehead atoms. The summed E-state index contributed by atoms with van der Waals surface area (Å²) in [5.74, 6) is -1.39. The van der Waals surface area contributed by atoms with Gasteiger partial charge in [0.05, 0.1) is 6.07 Å². The number of hydrogen-bond donors (Lipinski definition) is 0. The summed E-state index contributed by atoms with van der Waals surface area (Å²) in [5, 5.41) is 11.4. The molecule has 2 aromatic rings. The number of carbonyl (C=O) groups excluding carboxylic acids is 1. The second-order valence-corrected chi connectivity index (χ2v) is 5.70. The maximum absolute atomic E-state index is 12.1. The third kappa shape index (κ3) is 3.16. The summed E-state index contributed by atoms with van der Waals surface area (Å²) in [6, 6.07) is 15.5. The van der Waals surface area contributed by atoms with Crippen LogP contribution < -0.4 is 0 Å². The summed E-state index contributed by atoms with van der Waals surface area (Å²) in [6.07, 6.45) is 0. The Morgan fingerprint density at radius 1 is 1.15 bits per heavy atom. The molecule has 0 fully saturated rings. The van der Waals surface area contributed by atoms with Crippen LogP contribution in [0.2, 0.25) is 0 Å². The van der Waals surface area contributed by atoms with Gasteiger partial charge in [-0.05, 0) is 43.2 Å². The minimum Gasteiger partial charge on any atom is -0.459 e. The molecule has 3 nitrogen and oxygen atoms in total. The van der Waals surface area contributed by atoms with Crippen molar-refractivity contribution in [3.63, 3.8) is 0 Å². The van der Waals surface area contributed by atoms with Crippen LogP contribution in [0.5, 0.6) is 0 Å². The second kappa shape index (κ2) is 5.34. The number of esters is 1. The summed E-state index contributed by atoms with van der Waals surface area (Å²) in [5.41, 5.74) is 0.0729. The van der Waals surface area contributed by atoms with Gasteiger partial charge in [-0.3, -0.25) is 4.79 Å². The number of nitriles is 1. The first-order valence-corrected chi connectivity index (χ1v) is 6.52. The van der Waals surface area contributed by atoms with Crippen molar-refractivity contribution in [1.82, 2.24) is 0 Å². The van der Waals surface area contributed by atoms with E-state index in [1.807, 2.05) is 42.5 Å². The van der Waals surface area contributed by atoms with E-state index in [1.54, 1.807) is 26.8 Å². The molecule has 102 valence electrons. The zero-order valence-corrected chi connectivity index (χ0v) is 11.9. The van der Waals surface area contributed by atoms with Gasteiger partial charge in [0.15, 0.2) is 5.92 Å². The van der Waals surface area contributed by atoms with E-state index in [0.29, 0.717) is 5.56 Å². The van der Waals surface area contributed by atoms with Gasteiger partial charge in [-0.15, -0.1) is 0 Å². The number of carbonyl (C=O) groups is 1. The van der Waals surface area contributed by atoms with Crippen LogP contribution in [0.1, 0.15) is 32.3 Å². The summed E-state index contributed by atoms with van der Waals surface area (Å²) in [7, 11) is 0. The number of hydrogen-bond acceptors (Lipinski definition) is 3. The third-order valence-electron chi connectivity index (χ3n) is 2.88. The molecule has 3 heteroatoms. The van der Waals surface area contributed by atoms with Crippen LogP contribution in [0.4, 0.5) is 0 Å². The molecule has 0 saturated heterocycles. The van der Waals surface area contributed by atoms with Gasteiger partial charge in [-0.1, -0.05) is 36.4 Å². The molecule has 20 heavy (non-hydrogen) atoms. The molecule has 2 aromatic carbocycles. The molecule has 0 radical (unpaired) electrons. The third-order valence-corrected chi connectivity index (χ3v) is 2.88. The van der Waals surface area contributed by atoms with Crippen LogP contribution in [0, 0.1) is 11.3 Å². The molecular formula is C17H17NO2. The number of fused-ring (bicyclic) bond motifs is 1. The molecule has 0 aliphatic carbocycles. The molecule has 1 atom stereocenters. The van der Waals surface area contributed by atoms with Crippen molar-refractivity contribution in [1.29, 1.82) is 5.26 Å². The van der Waals surface area contributed by atoms with Gasteiger partial charge >= 0.3 is 5.97 Å². The zero-order chi connectivity index (χ0) is 14.8. The Morgan fingerprint density at radius 2 is 1.80 bits per heavy atom. The fourth-order valence-electron chi connectivity index (χ4n) is 2.01. The quantitative estimate of drug-likeness (QED) is 0.778. The summed E-state index contributed by atoms with van der Waals surface area (Å²) >= 11 is 0. The lowest BCUT2D eigenvalue weighted by Crippen LogP contribution is -2.27. The standard InChI is InChI=1S/C17H17NO2/c1-17(2,3)20-16(19)15(11-18)14-9-8-12-6-4-5-7-13(12)10-14/h4-10,15H,1-3H3. The van der Waals surface area contributed by atoms with E-state index in [1.165, 1.54) is 0 Å². The Morgan fingerprint density at radius 3 is 2.40 bits per heavy atom. The highest BCUT2D eigenvalue weighted by Gasteiger charge is 2.26. The fraction of sp³-hybridized carbons (Fsp3) is 0.294. The number of nitrogens with zero attached hydrogens (tertiary/aromatic N) is 1. The largest absolute Gasteiger partial charge is 0.459 e. The summed E-state index contributed by atoms with van der Waals surface area (Å²) < 4.78 is 5.30. The lowest BCUT2D eigenvalue weighted by Gasteiger charge is -2.21. The summed E-state index contributed by atoms with van der Waals surface area (Å²) in [6.45, 7) is 5.37. The van der Waals surface area contributed by atoms with E-state index in [9.17, 15) is 10.1 Å². The Labute approximate surface area is 118 Å². The van der Waals surface area contributed by atoms with Gasteiger partial charge < -0.3 is 4.74 Å². The lowest BCUT2D eigenvalue weighted by molar-refractivity contribution is -0.155. The monoisotopic (exact) mass is 267 g/mol. The average molecular weight is 267 g/mol. The molecule has 1 unspecified atom stereocenters. The van der Waals surface area contributed by atoms with Crippen molar-refractivity contribution in [2.45, 2.75) is 32.3 Å². The predicted molar refractivity (Wildman–Crippen MR) is 78.1 cm³/mol. The van der Waals surface area contributed by atoms with Crippen molar-refractivity contribution in [3.8, 4) is 6.07 Å². The van der Waals surface area contributed by atoms with Crippen molar-refractivity contribution in [3.05, 3.63) is 48.0 Å². The molecule has 0 aromatic heterocycles. The molecule has 0 heterocycles. The van der Waals surface area contributed by atoms with E-state index in [0.717, 1.165) is 10.8 Å². The Hall–Kier alpha value is -2.34.